The highest BCUT2D eigenvalue weighted by atomic mass is 32.2. The molecule has 0 aliphatic rings. The molecule has 36 heavy (non-hydrogen) atoms. The zero-order valence-corrected chi connectivity index (χ0v) is 23.1. The SMILES string of the molecule is CCCNC(=O)[C@@H](C)N(Cc1cccc(OC)c1)C(=O)CN(c1cc(C)ccc1C)S(=O)(=O)N(C)C. The molecule has 0 aromatic heterocycles. The van der Waals surface area contributed by atoms with E-state index in [2.05, 4.69) is 5.32 Å². The van der Waals surface area contributed by atoms with Gasteiger partial charge in [0.2, 0.25) is 11.8 Å². The molecule has 2 aromatic carbocycles. The summed E-state index contributed by atoms with van der Waals surface area (Å²) < 4.78 is 34.1. The largest absolute Gasteiger partial charge is 0.497 e. The predicted octanol–water partition coefficient (Wildman–Crippen LogP) is 2.87. The maximum absolute atomic E-state index is 13.8. The Morgan fingerprint density at radius 3 is 2.39 bits per heavy atom. The lowest BCUT2D eigenvalue weighted by atomic mass is 10.1. The van der Waals surface area contributed by atoms with Gasteiger partial charge in [0, 0.05) is 27.2 Å². The summed E-state index contributed by atoms with van der Waals surface area (Å²) in [6.45, 7) is 7.38. The summed E-state index contributed by atoms with van der Waals surface area (Å²) in [4.78, 5) is 28.0. The van der Waals surface area contributed by atoms with E-state index < -0.39 is 28.7 Å². The van der Waals surface area contributed by atoms with Crippen molar-refractivity contribution < 1.29 is 22.7 Å². The number of hydrogen-bond donors (Lipinski definition) is 1. The second kappa shape index (κ2) is 12.7. The van der Waals surface area contributed by atoms with Crippen molar-refractivity contribution in [3.05, 3.63) is 59.2 Å². The highest BCUT2D eigenvalue weighted by Crippen LogP contribution is 2.26. The van der Waals surface area contributed by atoms with Crippen LogP contribution in [0.3, 0.4) is 0 Å². The molecule has 0 spiro atoms. The molecule has 0 unspecified atom stereocenters. The van der Waals surface area contributed by atoms with Gasteiger partial charge in [-0.1, -0.05) is 31.2 Å². The molecule has 2 amide bonds. The third-order valence-corrected chi connectivity index (χ3v) is 7.66. The quantitative estimate of drug-likeness (QED) is 0.466. The number of methoxy groups -OCH3 is 1. The third-order valence-electron chi connectivity index (χ3n) is 5.86. The molecule has 2 aromatic rings. The van der Waals surface area contributed by atoms with Gasteiger partial charge < -0.3 is 15.0 Å². The number of amides is 2. The van der Waals surface area contributed by atoms with Crippen LogP contribution in [0.2, 0.25) is 0 Å². The first-order valence-electron chi connectivity index (χ1n) is 11.9. The van der Waals surface area contributed by atoms with Gasteiger partial charge in [0.1, 0.15) is 18.3 Å². The molecule has 0 saturated heterocycles. The van der Waals surface area contributed by atoms with Crippen LogP contribution in [0, 0.1) is 13.8 Å². The minimum absolute atomic E-state index is 0.111. The molecular formula is C26H38N4O5S. The normalized spacial score (nSPS) is 12.2. The van der Waals surface area contributed by atoms with Gasteiger partial charge in [-0.2, -0.15) is 12.7 Å². The molecular weight excluding hydrogens is 480 g/mol. The maximum Gasteiger partial charge on any atom is 0.304 e. The van der Waals surface area contributed by atoms with E-state index in [1.54, 1.807) is 45.2 Å². The standard InChI is InChI=1S/C26H38N4O5S/c1-8-14-27-26(32)21(4)29(17-22-10-9-11-23(16-22)35-7)25(31)18-30(36(33,34)28(5)6)24-15-19(2)12-13-20(24)3/h9-13,15-16,21H,8,14,17-18H2,1-7H3,(H,27,32)/t21-/m1/s1. The summed E-state index contributed by atoms with van der Waals surface area (Å²) in [5.41, 5.74) is 2.75. The van der Waals surface area contributed by atoms with Crippen LogP contribution < -0.4 is 14.4 Å². The van der Waals surface area contributed by atoms with Gasteiger partial charge >= 0.3 is 10.2 Å². The van der Waals surface area contributed by atoms with Crippen LogP contribution >= 0.6 is 0 Å². The molecule has 198 valence electrons. The molecule has 0 fully saturated rings. The Bertz CT molecular complexity index is 1170. The Hall–Kier alpha value is -3.11. The Morgan fingerprint density at radius 2 is 1.78 bits per heavy atom. The van der Waals surface area contributed by atoms with Crippen molar-refractivity contribution in [2.45, 2.75) is 46.7 Å². The van der Waals surface area contributed by atoms with E-state index in [4.69, 9.17) is 4.74 Å². The van der Waals surface area contributed by atoms with Crippen molar-refractivity contribution >= 4 is 27.7 Å². The summed E-state index contributed by atoms with van der Waals surface area (Å²) in [6.07, 6.45) is 0.754. The molecule has 10 heteroatoms. The number of ether oxygens (including phenoxy) is 1. The molecule has 0 bridgehead atoms. The second-order valence-electron chi connectivity index (χ2n) is 8.93. The topological polar surface area (TPSA) is 99.3 Å². The van der Waals surface area contributed by atoms with Gasteiger partial charge in [0.25, 0.3) is 0 Å². The molecule has 9 nitrogen and oxygen atoms in total. The molecule has 1 N–H and O–H groups in total. The summed E-state index contributed by atoms with van der Waals surface area (Å²) in [5, 5.41) is 2.83. The van der Waals surface area contributed by atoms with Crippen LogP contribution in [0.5, 0.6) is 5.75 Å². The first-order chi connectivity index (χ1) is 16.9. The zero-order valence-electron chi connectivity index (χ0n) is 22.2. The van der Waals surface area contributed by atoms with Crippen LogP contribution in [0.4, 0.5) is 5.69 Å². The lowest BCUT2D eigenvalue weighted by Gasteiger charge is -2.33. The van der Waals surface area contributed by atoms with Crippen molar-refractivity contribution in [1.29, 1.82) is 0 Å². The number of rotatable bonds is 12. The lowest BCUT2D eigenvalue weighted by molar-refractivity contribution is -0.139. The van der Waals surface area contributed by atoms with E-state index in [1.807, 2.05) is 32.0 Å². The summed E-state index contributed by atoms with van der Waals surface area (Å²) in [7, 11) is 0.394. The highest BCUT2D eigenvalue weighted by molar-refractivity contribution is 7.90. The highest BCUT2D eigenvalue weighted by Gasteiger charge is 2.33. The number of benzene rings is 2. The number of nitrogens with zero attached hydrogens (tertiary/aromatic N) is 3. The van der Waals surface area contributed by atoms with Gasteiger partial charge in [-0.3, -0.25) is 9.59 Å². The van der Waals surface area contributed by atoms with Crippen LogP contribution in [-0.4, -0.2) is 69.8 Å². The fourth-order valence-electron chi connectivity index (χ4n) is 3.64. The zero-order chi connectivity index (χ0) is 27.0. The molecule has 1 atom stereocenters. The number of carbonyl (C=O) groups is 2. The minimum atomic E-state index is -4.00. The molecule has 0 heterocycles. The van der Waals surface area contributed by atoms with Gasteiger partial charge in [-0.15, -0.1) is 0 Å². The average molecular weight is 519 g/mol. The number of hydrogen-bond acceptors (Lipinski definition) is 5. The van der Waals surface area contributed by atoms with E-state index in [0.29, 0.717) is 23.5 Å². The molecule has 0 aliphatic heterocycles. The Balaban J connectivity index is 2.50. The number of nitrogens with one attached hydrogen (secondary N) is 1. The van der Waals surface area contributed by atoms with Crippen LogP contribution in [-0.2, 0) is 26.3 Å². The van der Waals surface area contributed by atoms with Crippen molar-refractivity contribution in [2.75, 3.05) is 38.6 Å². The Morgan fingerprint density at radius 1 is 1.08 bits per heavy atom. The van der Waals surface area contributed by atoms with Crippen molar-refractivity contribution in [1.82, 2.24) is 14.5 Å². The van der Waals surface area contributed by atoms with Crippen molar-refractivity contribution in [3.63, 3.8) is 0 Å². The molecule has 2 rings (SSSR count). The fourth-order valence-corrected chi connectivity index (χ4v) is 4.75. The third kappa shape index (κ3) is 7.20. The van der Waals surface area contributed by atoms with Crippen LogP contribution in [0.15, 0.2) is 42.5 Å². The molecule has 0 saturated carbocycles. The van der Waals surface area contributed by atoms with Gasteiger partial charge in [0.15, 0.2) is 0 Å². The van der Waals surface area contributed by atoms with E-state index in [0.717, 1.165) is 26.2 Å². The lowest BCUT2D eigenvalue weighted by Crippen LogP contribution is -2.52. The van der Waals surface area contributed by atoms with Gasteiger partial charge in [0.05, 0.1) is 12.8 Å². The van der Waals surface area contributed by atoms with E-state index >= 15 is 0 Å². The first kappa shape index (κ1) is 29.1. The Kier molecular flexibility index (Phi) is 10.3. The number of anilines is 1. The Labute approximate surface area is 215 Å². The van der Waals surface area contributed by atoms with Crippen molar-refractivity contribution in [3.8, 4) is 5.75 Å². The fraction of sp³-hybridized carbons (Fsp3) is 0.462. The second-order valence-corrected chi connectivity index (χ2v) is 11.0. The van der Waals surface area contributed by atoms with Gasteiger partial charge in [-0.25, -0.2) is 4.31 Å². The predicted molar refractivity (Wildman–Crippen MR) is 142 cm³/mol. The van der Waals surface area contributed by atoms with Crippen LogP contribution in [0.1, 0.15) is 37.0 Å². The molecule has 0 radical (unpaired) electrons. The van der Waals surface area contributed by atoms with Gasteiger partial charge in [-0.05, 0) is 62.1 Å². The van der Waals surface area contributed by atoms with E-state index in [1.165, 1.54) is 19.0 Å². The van der Waals surface area contributed by atoms with Crippen LogP contribution in [0.25, 0.3) is 0 Å². The van der Waals surface area contributed by atoms with E-state index in [-0.39, 0.29) is 12.5 Å². The smallest absolute Gasteiger partial charge is 0.304 e. The average Bonchev–Trinajstić information content (AvgIpc) is 2.85. The first-order valence-corrected chi connectivity index (χ1v) is 13.3. The minimum Gasteiger partial charge on any atom is -0.497 e. The van der Waals surface area contributed by atoms with E-state index in [9.17, 15) is 18.0 Å². The number of carbonyl (C=O) groups excluding carboxylic acids is 2. The maximum atomic E-state index is 13.8. The summed E-state index contributed by atoms with van der Waals surface area (Å²) in [5.74, 6) is -0.180. The summed E-state index contributed by atoms with van der Waals surface area (Å²) >= 11 is 0. The van der Waals surface area contributed by atoms with Crippen molar-refractivity contribution in [2.24, 2.45) is 0 Å². The number of aryl methyl sites for hydroxylation is 2. The monoisotopic (exact) mass is 518 g/mol. The summed E-state index contributed by atoms with van der Waals surface area (Å²) in [6, 6.07) is 11.8. The molecule has 0 aliphatic carbocycles.